The zero-order chi connectivity index (χ0) is 21.8. The summed E-state index contributed by atoms with van der Waals surface area (Å²) in [7, 11) is 0. The van der Waals surface area contributed by atoms with E-state index in [2.05, 4.69) is 0 Å². The highest BCUT2D eigenvalue weighted by atomic mass is 16.6. The highest BCUT2D eigenvalue weighted by Crippen LogP contribution is 2.41. The van der Waals surface area contributed by atoms with Crippen molar-refractivity contribution in [1.82, 2.24) is 0 Å². The Morgan fingerprint density at radius 1 is 0.812 bits per heavy atom. The van der Waals surface area contributed by atoms with Crippen molar-refractivity contribution in [3.8, 4) is 0 Å². The van der Waals surface area contributed by atoms with Gasteiger partial charge in [0.05, 0.1) is 19.6 Å². The van der Waals surface area contributed by atoms with Crippen molar-refractivity contribution in [2.45, 2.75) is 50.2 Å². The van der Waals surface area contributed by atoms with Crippen LogP contribution < -0.4 is 0 Å². The van der Waals surface area contributed by atoms with Crippen molar-refractivity contribution in [3.63, 3.8) is 0 Å². The molecule has 2 aliphatic rings. The van der Waals surface area contributed by atoms with Crippen LogP contribution in [0.25, 0.3) is 0 Å². The van der Waals surface area contributed by atoms with Crippen LogP contribution in [0.4, 0.5) is 0 Å². The molecule has 3 aromatic rings. The van der Waals surface area contributed by atoms with Gasteiger partial charge in [-0.3, -0.25) is 4.79 Å². The highest BCUT2D eigenvalue weighted by molar-refractivity contribution is 5.73. The van der Waals surface area contributed by atoms with Gasteiger partial charge in [-0.2, -0.15) is 0 Å². The maximum absolute atomic E-state index is 11.9. The lowest BCUT2D eigenvalue weighted by atomic mass is 9.98. The number of benzene rings is 3. The predicted molar refractivity (Wildman–Crippen MR) is 119 cm³/mol. The monoisotopic (exact) mass is 430 g/mol. The maximum Gasteiger partial charge on any atom is 0.309 e. The van der Waals surface area contributed by atoms with E-state index in [9.17, 15) is 4.79 Å². The Labute approximate surface area is 187 Å². The number of hydrogen-bond acceptors (Lipinski definition) is 5. The van der Waals surface area contributed by atoms with Gasteiger partial charge in [-0.05, 0) is 16.7 Å². The highest BCUT2D eigenvalue weighted by Gasteiger charge is 2.55. The minimum absolute atomic E-state index is 0.242. The van der Waals surface area contributed by atoms with Crippen molar-refractivity contribution in [2.24, 2.45) is 0 Å². The van der Waals surface area contributed by atoms with Crippen LogP contribution in [-0.4, -0.2) is 30.4 Å². The minimum atomic E-state index is -0.428. The molecule has 0 amide bonds. The zero-order valence-corrected chi connectivity index (χ0v) is 17.7. The Bertz CT molecular complexity index is 1010. The molecule has 5 rings (SSSR count). The van der Waals surface area contributed by atoms with E-state index in [4.69, 9.17) is 18.9 Å². The van der Waals surface area contributed by atoms with Gasteiger partial charge in [0.25, 0.3) is 0 Å². The average Bonchev–Trinajstić information content (AvgIpc) is 3.36. The van der Waals surface area contributed by atoms with Gasteiger partial charge in [0, 0.05) is 0 Å². The first-order chi connectivity index (χ1) is 15.8. The molecule has 32 heavy (non-hydrogen) atoms. The largest absolute Gasteiger partial charge is 0.457 e. The molecule has 0 aromatic heterocycles. The van der Waals surface area contributed by atoms with Crippen molar-refractivity contribution >= 4 is 5.97 Å². The van der Waals surface area contributed by atoms with Crippen LogP contribution in [-0.2, 0) is 37.0 Å². The lowest BCUT2D eigenvalue weighted by Gasteiger charge is -2.30. The zero-order valence-electron chi connectivity index (χ0n) is 17.7. The maximum atomic E-state index is 11.9. The van der Waals surface area contributed by atoms with Gasteiger partial charge in [-0.1, -0.05) is 91.0 Å². The number of esters is 1. The van der Waals surface area contributed by atoms with Gasteiger partial charge in [0.2, 0.25) is 0 Å². The number of rotatable bonds is 8. The summed E-state index contributed by atoms with van der Waals surface area (Å²) in [4.78, 5) is 11.9. The SMILES string of the molecule is O=C1C[C@H]2O[C@H]([C@@H](OCc3ccccc3)c3ccccc3)[C@@H](OCc3ccccc3)[C@H]2O1. The summed E-state index contributed by atoms with van der Waals surface area (Å²) in [5.74, 6) is -0.242. The lowest BCUT2D eigenvalue weighted by molar-refractivity contribution is -0.155. The molecule has 0 radical (unpaired) electrons. The van der Waals surface area contributed by atoms with E-state index >= 15 is 0 Å². The molecule has 0 bridgehead atoms. The molecule has 3 aromatic carbocycles. The molecule has 2 heterocycles. The van der Waals surface area contributed by atoms with Gasteiger partial charge < -0.3 is 18.9 Å². The Morgan fingerprint density at radius 2 is 1.41 bits per heavy atom. The van der Waals surface area contributed by atoms with Crippen LogP contribution in [0.3, 0.4) is 0 Å². The van der Waals surface area contributed by atoms with Gasteiger partial charge in [-0.25, -0.2) is 0 Å². The second kappa shape index (κ2) is 9.65. The molecule has 0 aliphatic carbocycles. The first-order valence-electron chi connectivity index (χ1n) is 11.0. The standard InChI is InChI=1S/C27H26O5/c28-23-16-22-25(32-23)26(30-18-20-12-6-2-7-13-20)27(31-22)24(21-14-8-3-9-15-21)29-17-19-10-4-1-5-11-19/h1-15,22,24-27H,16-18H2/t22-,24+,25+,26+,27-/m1/s1. The van der Waals surface area contributed by atoms with Gasteiger partial charge in [0.15, 0.2) is 6.10 Å². The number of carbonyl (C=O) groups excluding carboxylic acids is 1. The van der Waals surface area contributed by atoms with Crippen LogP contribution in [0.15, 0.2) is 91.0 Å². The third kappa shape index (κ3) is 4.60. The first-order valence-corrected chi connectivity index (χ1v) is 11.0. The van der Waals surface area contributed by atoms with E-state index < -0.39 is 18.3 Å². The molecule has 164 valence electrons. The average molecular weight is 431 g/mol. The fraction of sp³-hybridized carbons (Fsp3) is 0.296. The molecule has 0 unspecified atom stereocenters. The van der Waals surface area contributed by atoms with Crippen molar-refractivity contribution in [2.75, 3.05) is 0 Å². The van der Waals surface area contributed by atoms with Gasteiger partial charge >= 0.3 is 5.97 Å². The topological polar surface area (TPSA) is 54.0 Å². The van der Waals surface area contributed by atoms with E-state index in [1.54, 1.807) is 0 Å². The molecule has 0 spiro atoms. The lowest BCUT2D eigenvalue weighted by Crippen LogP contribution is -2.39. The predicted octanol–water partition coefficient (Wildman–Crippen LogP) is 4.61. The second-order valence-electron chi connectivity index (χ2n) is 8.19. The van der Waals surface area contributed by atoms with Crippen LogP contribution in [0.2, 0.25) is 0 Å². The molecule has 5 atom stereocenters. The second-order valence-corrected chi connectivity index (χ2v) is 8.19. The molecule has 5 nitrogen and oxygen atoms in total. The Balaban J connectivity index is 1.40. The van der Waals surface area contributed by atoms with Crippen LogP contribution in [0.5, 0.6) is 0 Å². The summed E-state index contributed by atoms with van der Waals surface area (Å²) in [6.45, 7) is 0.854. The quantitative estimate of drug-likeness (QED) is 0.489. The first kappa shape index (κ1) is 20.9. The third-order valence-corrected chi connectivity index (χ3v) is 5.97. The number of hydrogen-bond donors (Lipinski definition) is 0. The molecular formula is C27H26O5. The van der Waals surface area contributed by atoms with Crippen LogP contribution in [0, 0.1) is 0 Å². The van der Waals surface area contributed by atoms with E-state index in [-0.39, 0.29) is 24.6 Å². The molecule has 0 saturated carbocycles. The van der Waals surface area contributed by atoms with E-state index in [1.807, 2.05) is 91.0 Å². The summed E-state index contributed by atoms with van der Waals surface area (Å²) in [5.41, 5.74) is 3.15. The third-order valence-electron chi connectivity index (χ3n) is 5.97. The smallest absolute Gasteiger partial charge is 0.309 e. The number of ether oxygens (including phenoxy) is 4. The summed E-state index contributed by atoms with van der Waals surface area (Å²) in [5, 5.41) is 0. The van der Waals surface area contributed by atoms with Crippen molar-refractivity contribution in [3.05, 3.63) is 108 Å². The fourth-order valence-electron chi connectivity index (χ4n) is 4.41. The summed E-state index contributed by atoms with van der Waals surface area (Å²) >= 11 is 0. The number of fused-ring (bicyclic) bond motifs is 1. The fourth-order valence-corrected chi connectivity index (χ4v) is 4.41. The van der Waals surface area contributed by atoms with Crippen LogP contribution >= 0.6 is 0 Å². The Hall–Kier alpha value is -2.99. The molecular weight excluding hydrogens is 404 g/mol. The summed E-state index contributed by atoms with van der Waals surface area (Å²) in [6, 6.07) is 30.1. The summed E-state index contributed by atoms with van der Waals surface area (Å²) in [6.07, 6.45) is -1.68. The molecule has 2 saturated heterocycles. The van der Waals surface area contributed by atoms with Crippen molar-refractivity contribution in [1.29, 1.82) is 0 Å². The van der Waals surface area contributed by atoms with Gasteiger partial charge in [-0.15, -0.1) is 0 Å². The van der Waals surface area contributed by atoms with Crippen molar-refractivity contribution < 1.29 is 23.7 Å². The Kier molecular flexibility index (Phi) is 6.30. The van der Waals surface area contributed by atoms with Gasteiger partial charge in [0.1, 0.15) is 24.4 Å². The van der Waals surface area contributed by atoms with E-state index in [1.165, 1.54) is 0 Å². The molecule has 0 N–H and O–H groups in total. The molecule has 2 fully saturated rings. The molecule has 5 heteroatoms. The number of carbonyl (C=O) groups is 1. The summed E-state index contributed by atoms with van der Waals surface area (Å²) < 4.78 is 24.8. The minimum Gasteiger partial charge on any atom is -0.457 e. The van der Waals surface area contributed by atoms with Crippen LogP contribution in [0.1, 0.15) is 29.2 Å². The normalized spacial score (nSPS) is 25.3. The van der Waals surface area contributed by atoms with E-state index in [0.717, 1.165) is 16.7 Å². The molecule has 2 aliphatic heterocycles. The Morgan fingerprint density at radius 3 is 2.06 bits per heavy atom. The van der Waals surface area contributed by atoms with E-state index in [0.29, 0.717) is 13.2 Å².